The molecule has 1 aromatic heterocycles. The largest absolute Gasteiger partial charge is 0.368 e. The molecule has 3 heteroatoms. The Morgan fingerprint density at radius 3 is 2.75 bits per heavy atom. The summed E-state index contributed by atoms with van der Waals surface area (Å²) in [6.45, 7) is 7.66. The predicted octanol–water partition coefficient (Wildman–Crippen LogP) is 1.68. The monoisotopic (exact) mass is 165 g/mol. The second kappa shape index (κ2) is 2.25. The van der Waals surface area contributed by atoms with E-state index in [1.165, 1.54) is 11.3 Å². The normalized spacial score (nSPS) is 15.9. The fourth-order valence-electron chi connectivity index (χ4n) is 1.68. The molecule has 0 atom stereocenters. The van der Waals surface area contributed by atoms with E-state index in [9.17, 15) is 0 Å². The minimum atomic E-state index is 0.187. The zero-order valence-corrected chi connectivity index (χ0v) is 7.86. The molecule has 2 rings (SSSR count). The highest BCUT2D eigenvalue weighted by atomic mass is 15.2. The number of anilines is 1. The molecule has 12 heavy (non-hydrogen) atoms. The fourth-order valence-corrected chi connectivity index (χ4v) is 1.68. The third kappa shape index (κ3) is 1.00. The summed E-state index contributed by atoms with van der Waals surface area (Å²) in [5, 5.41) is 10.6. The Balaban J connectivity index is 2.46. The minimum Gasteiger partial charge on any atom is -0.368 e. The Morgan fingerprint density at radius 1 is 1.33 bits per heavy atom. The molecule has 1 aromatic rings. The zero-order chi connectivity index (χ0) is 8.77. The van der Waals surface area contributed by atoms with Crippen molar-refractivity contribution in [3.05, 3.63) is 11.3 Å². The number of aromatic amines is 1. The van der Waals surface area contributed by atoms with E-state index >= 15 is 0 Å². The van der Waals surface area contributed by atoms with Gasteiger partial charge in [0.2, 0.25) is 0 Å². The number of hydrogen-bond donors (Lipinski definition) is 2. The first kappa shape index (κ1) is 7.65. The van der Waals surface area contributed by atoms with Gasteiger partial charge in [-0.25, -0.2) is 0 Å². The van der Waals surface area contributed by atoms with Gasteiger partial charge in [0.05, 0.1) is 0 Å². The van der Waals surface area contributed by atoms with E-state index in [-0.39, 0.29) is 5.41 Å². The highest BCUT2D eigenvalue weighted by Crippen LogP contribution is 2.30. The number of fused-ring (bicyclic) bond motifs is 1. The van der Waals surface area contributed by atoms with Crippen molar-refractivity contribution in [3.8, 4) is 0 Å². The zero-order valence-electron chi connectivity index (χ0n) is 7.86. The van der Waals surface area contributed by atoms with Gasteiger partial charge in [0.15, 0.2) is 5.82 Å². The van der Waals surface area contributed by atoms with Gasteiger partial charge in [0.25, 0.3) is 0 Å². The second-order valence-electron chi connectivity index (χ2n) is 4.35. The van der Waals surface area contributed by atoms with Crippen molar-refractivity contribution in [1.82, 2.24) is 10.2 Å². The lowest BCUT2D eigenvalue weighted by atomic mass is 9.89. The number of nitrogens with zero attached hydrogens (tertiary/aromatic N) is 1. The number of H-pyrrole nitrogens is 1. The van der Waals surface area contributed by atoms with E-state index in [4.69, 9.17) is 0 Å². The topological polar surface area (TPSA) is 40.7 Å². The first-order chi connectivity index (χ1) is 5.59. The number of rotatable bonds is 0. The summed E-state index contributed by atoms with van der Waals surface area (Å²) in [7, 11) is 0. The Morgan fingerprint density at radius 2 is 2.08 bits per heavy atom. The third-order valence-corrected chi connectivity index (χ3v) is 2.28. The van der Waals surface area contributed by atoms with Gasteiger partial charge in [0.1, 0.15) is 0 Å². The summed E-state index contributed by atoms with van der Waals surface area (Å²) < 4.78 is 0. The molecule has 3 nitrogen and oxygen atoms in total. The Hall–Kier alpha value is -0.990. The van der Waals surface area contributed by atoms with Crippen LogP contribution in [0.2, 0.25) is 0 Å². The second-order valence-corrected chi connectivity index (χ2v) is 4.35. The summed E-state index contributed by atoms with van der Waals surface area (Å²) >= 11 is 0. The Kier molecular flexibility index (Phi) is 1.43. The van der Waals surface area contributed by atoms with Crippen molar-refractivity contribution in [2.45, 2.75) is 32.6 Å². The molecular weight excluding hydrogens is 150 g/mol. The summed E-state index contributed by atoms with van der Waals surface area (Å²) in [5.41, 5.74) is 2.84. The van der Waals surface area contributed by atoms with E-state index in [2.05, 4.69) is 36.3 Å². The molecule has 0 saturated heterocycles. The van der Waals surface area contributed by atoms with Crippen LogP contribution in [0, 0.1) is 0 Å². The molecular formula is C9H15N3. The van der Waals surface area contributed by atoms with Crippen LogP contribution in [-0.4, -0.2) is 16.7 Å². The highest BCUT2D eigenvalue weighted by molar-refractivity contribution is 5.52. The van der Waals surface area contributed by atoms with Crippen LogP contribution in [0.1, 0.15) is 32.0 Å². The third-order valence-electron chi connectivity index (χ3n) is 2.28. The van der Waals surface area contributed by atoms with Gasteiger partial charge in [-0.15, -0.1) is 0 Å². The van der Waals surface area contributed by atoms with Gasteiger partial charge in [-0.05, 0) is 6.42 Å². The molecule has 1 aliphatic heterocycles. The number of hydrogen-bond acceptors (Lipinski definition) is 2. The first-order valence-corrected chi connectivity index (χ1v) is 4.40. The van der Waals surface area contributed by atoms with Crippen molar-refractivity contribution in [2.24, 2.45) is 0 Å². The maximum atomic E-state index is 4.23. The number of aromatic nitrogens is 2. The average Bonchev–Trinajstić information content (AvgIpc) is 2.37. The first-order valence-electron chi connectivity index (χ1n) is 4.40. The summed E-state index contributed by atoms with van der Waals surface area (Å²) in [5.74, 6) is 1.06. The van der Waals surface area contributed by atoms with Gasteiger partial charge in [-0.3, -0.25) is 5.10 Å². The lowest BCUT2D eigenvalue weighted by Crippen LogP contribution is -2.14. The Labute approximate surface area is 72.6 Å². The minimum absolute atomic E-state index is 0.187. The molecule has 1 aliphatic rings. The van der Waals surface area contributed by atoms with Crippen LogP contribution < -0.4 is 5.32 Å². The van der Waals surface area contributed by atoms with E-state index in [1.807, 2.05) is 0 Å². The molecule has 0 fully saturated rings. The van der Waals surface area contributed by atoms with Crippen molar-refractivity contribution in [2.75, 3.05) is 11.9 Å². The van der Waals surface area contributed by atoms with Crippen LogP contribution in [-0.2, 0) is 11.8 Å². The van der Waals surface area contributed by atoms with Crippen molar-refractivity contribution >= 4 is 5.82 Å². The summed E-state index contributed by atoms with van der Waals surface area (Å²) in [6, 6.07) is 0. The molecule has 2 heterocycles. The predicted molar refractivity (Wildman–Crippen MR) is 49.5 cm³/mol. The molecule has 0 amide bonds. The van der Waals surface area contributed by atoms with E-state index in [1.54, 1.807) is 0 Å². The van der Waals surface area contributed by atoms with Crippen molar-refractivity contribution in [3.63, 3.8) is 0 Å². The summed E-state index contributed by atoms with van der Waals surface area (Å²) in [6.07, 6.45) is 1.11. The van der Waals surface area contributed by atoms with E-state index in [0.29, 0.717) is 0 Å². The maximum absolute atomic E-state index is 4.23. The standard InChI is InChI=1S/C9H15N3/c1-9(2,3)7-6-4-5-10-8(6)12-11-7/h4-5H2,1-3H3,(H2,10,11,12). The van der Waals surface area contributed by atoms with E-state index < -0.39 is 0 Å². The maximum Gasteiger partial charge on any atom is 0.151 e. The van der Waals surface area contributed by atoms with Gasteiger partial charge in [-0.2, -0.15) is 5.10 Å². The Bertz CT molecular complexity index is 293. The van der Waals surface area contributed by atoms with Crippen molar-refractivity contribution < 1.29 is 0 Å². The van der Waals surface area contributed by atoms with Crippen LogP contribution in [0.4, 0.5) is 5.82 Å². The molecule has 0 aliphatic carbocycles. The molecule has 2 N–H and O–H groups in total. The lowest BCUT2D eigenvalue weighted by molar-refractivity contribution is 0.560. The van der Waals surface area contributed by atoms with Gasteiger partial charge >= 0.3 is 0 Å². The SMILES string of the molecule is CC(C)(C)c1[nH]nc2c1CCN2. The average molecular weight is 165 g/mol. The van der Waals surface area contributed by atoms with Gasteiger partial charge < -0.3 is 5.32 Å². The highest BCUT2D eigenvalue weighted by Gasteiger charge is 2.25. The molecule has 0 saturated carbocycles. The van der Waals surface area contributed by atoms with Crippen LogP contribution in [0.5, 0.6) is 0 Å². The van der Waals surface area contributed by atoms with Gasteiger partial charge in [0, 0.05) is 23.2 Å². The molecule has 0 unspecified atom stereocenters. The lowest BCUT2D eigenvalue weighted by Gasteiger charge is -2.17. The van der Waals surface area contributed by atoms with Crippen LogP contribution in [0.15, 0.2) is 0 Å². The van der Waals surface area contributed by atoms with E-state index in [0.717, 1.165) is 18.8 Å². The smallest absolute Gasteiger partial charge is 0.151 e. The van der Waals surface area contributed by atoms with Gasteiger partial charge in [-0.1, -0.05) is 20.8 Å². The number of nitrogens with one attached hydrogen (secondary N) is 2. The van der Waals surface area contributed by atoms with Crippen LogP contribution in [0.25, 0.3) is 0 Å². The van der Waals surface area contributed by atoms with Crippen LogP contribution in [0.3, 0.4) is 0 Å². The molecule has 66 valence electrons. The molecule has 0 aromatic carbocycles. The summed E-state index contributed by atoms with van der Waals surface area (Å²) in [4.78, 5) is 0. The fraction of sp³-hybridized carbons (Fsp3) is 0.667. The van der Waals surface area contributed by atoms with Crippen molar-refractivity contribution in [1.29, 1.82) is 0 Å². The molecule has 0 radical (unpaired) electrons. The quantitative estimate of drug-likeness (QED) is 0.614. The molecule has 0 bridgehead atoms. The molecule has 0 spiro atoms. The van der Waals surface area contributed by atoms with Crippen LogP contribution >= 0.6 is 0 Å².